The number of halogens is 1. The van der Waals surface area contributed by atoms with Crippen molar-refractivity contribution in [3.63, 3.8) is 0 Å². The molecule has 0 saturated carbocycles. The average Bonchev–Trinajstić information content (AvgIpc) is 2.66. The van der Waals surface area contributed by atoms with E-state index in [2.05, 4.69) is 9.97 Å². The maximum absolute atomic E-state index is 13.5. The topological polar surface area (TPSA) is 48.9 Å². The van der Waals surface area contributed by atoms with E-state index >= 15 is 0 Å². The maximum atomic E-state index is 13.5. The van der Waals surface area contributed by atoms with Crippen molar-refractivity contribution in [3.8, 4) is 11.3 Å². The molecule has 0 fully saturated rings. The van der Waals surface area contributed by atoms with Gasteiger partial charge in [-0.1, -0.05) is 12.1 Å². The molecule has 0 spiro atoms. The predicted octanol–water partition coefficient (Wildman–Crippen LogP) is 2.44. The van der Waals surface area contributed by atoms with E-state index in [4.69, 9.17) is 0 Å². The van der Waals surface area contributed by atoms with Gasteiger partial charge >= 0.3 is 0 Å². The summed E-state index contributed by atoms with van der Waals surface area (Å²) in [5.74, 6) is 0.110. The van der Waals surface area contributed by atoms with E-state index in [1.54, 1.807) is 32.0 Å². The van der Waals surface area contributed by atoms with Crippen LogP contribution in [0.5, 0.6) is 0 Å². The Kier molecular flexibility index (Phi) is 2.52. The molecule has 0 radical (unpaired) electrons. The summed E-state index contributed by atoms with van der Waals surface area (Å²) in [6, 6.07) is 6.44. The third kappa shape index (κ3) is 1.97. The Morgan fingerprint density at radius 1 is 1.31 bits per heavy atom. The number of nitrogens with zero attached hydrogens (tertiary/aromatic N) is 1. The van der Waals surface area contributed by atoms with E-state index in [-0.39, 0.29) is 5.82 Å². The number of hydrogen-bond acceptors (Lipinski definition) is 2. The molecule has 0 aliphatic rings. The summed E-state index contributed by atoms with van der Waals surface area (Å²) >= 11 is 0. The van der Waals surface area contributed by atoms with Gasteiger partial charge in [0.05, 0.1) is 11.9 Å². The van der Waals surface area contributed by atoms with Gasteiger partial charge in [-0.3, -0.25) is 0 Å². The standard InChI is InChI=1S/C12H13FN2O/c1-12(2,16)11-14-7-10(15-11)8-5-3-4-6-9(8)13/h3-7,16H,1-2H3,(H,14,15). The van der Waals surface area contributed by atoms with E-state index < -0.39 is 5.60 Å². The van der Waals surface area contributed by atoms with Crippen molar-refractivity contribution in [1.29, 1.82) is 0 Å². The number of H-pyrrole nitrogens is 1. The van der Waals surface area contributed by atoms with Crippen molar-refractivity contribution in [3.05, 3.63) is 42.1 Å². The SMILES string of the molecule is CC(C)(O)c1ncc(-c2ccccc2F)[nH]1. The minimum absolute atomic E-state index is 0.312. The highest BCUT2D eigenvalue weighted by Crippen LogP contribution is 2.23. The molecule has 2 N–H and O–H groups in total. The molecule has 1 aromatic heterocycles. The van der Waals surface area contributed by atoms with Crippen LogP contribution in [0.3, 0.4) is 0 Å². The molecular weight excluding hydrogens is 207 g/mol. The fourth-order valence-corrected chi connectivity index (χ4v) is 1.45. The zero-order chi connectivity index (χ0) is 11.8. The number of aliphatic hydroxyl groups is 1. The van der Waals surface area contributed by atoms with Gasteiger partial charge in [-0.15, -0.1) is 0 Å². The number of benzene rings is 1. The summed E-state index contributed by atoms with van der Waals surface area (Å²) in [6.45, 7) is 3.24. The average molecular weight is 220 g/mol. The first-order chi connectivity index (χ1) is 7.48. The van der Waals surface area contributed by atoms with Crippen molar-refractivity contribution < 1.29 is 9.50 Å². The lowest BCUT2D eigenvalue weighted by atomic mass is 10.1. The van der Waals surface area contributed by atoms with E-state index in [9.17, 15) is 9.50 Å². The van der Waals surface area contributed by atoms with Crippen LogP contribution in [0.1, 0.15) is 19.7 Å². The summed E-state index contributed by atoms with van der Waals surface area (Å²) in [5.41, 5.74) is -0.0375. The lowest BCUT2D eigenvalue weighted by Gasteiger charge is -2.12. The number of aromatic amines is 1. The van der Waals surface area contributed by atoms with E-state index in [0.29, 0.717) is 17.1 Å². The van der Waals surface area contributed by atoms with Gasteiger partial charge in [-0.05, 0) is 26.0 Å². The fraction of sp³-hybridized carbons (Fsp3) is 0.250. The summed E-state index contributed by atoms with van der Waals surface area (Å²) in [4.78, 5) is 6.94. The molecule has 0 saturated heterocycles. The molecule has 0 unspecified atom stereocenters. The Morgan fingerprint density at radius 2 is 2.00 bits per heavy atom. The van der Waals surface area contributed by atoms with Crippen LogP contribution in [-0.4, -0.2) is 15.1 Å². The normalized spacial score (nSPS) is 11.8. The Labute approximate surface area is 93.0 Å². The number of rotatable bonds is 2. The van der Waals surface area contributed by atoms with Gasteiger partial charge in [-0.25, -0.2) is 9.37 Å². The molecule has 1 heterocycles. The van der Waals surface area contributed by atoms with Crippen molar-refractivity contribution in [2.24, 2.45) is 0 Å². The summed E-state index contributed by atoms with van der Waals surface area (Å²) in [5, 5.41) is 9.73. The second-order valence-electron chi connectivity index (χ2n) is 4.18. The largest absolute Gasteiger partial charge is 0.383 e. The number of hydrogen-bond donors (Lipinski definition) is 2. The van der Waals surface area contributed by atoms with Crippen LogP contribution >= 0.6 is 0 Å². The van der Waals surface area contributed by atoms with Gasteiger partial charge in [0.1, 0.15) is 17.2 Å². The third-order valence-corrected chi connectivity index (χ3v) is 2.32. The maximum Gasteiger partial charge on any atom is 0.138 e. The molecule has 1 aromatic carbocycles. The van der Waals surface area contributed by atoms with Crippen molar-refractivity contribution in [2.45, 2.75) is 19.4 Å². The van der Waals surface area contributed by atoms with Crippen LogP contribution < -0.4 is 0 Å². The zero-order valence-corrected chi connectivity index (χ0v) is 9.16. The van der Waals surface area contributed by atoms with Gasteiger partial charge in [0, 0.05) is 5.56 Å². The molecular formula is C12H13FN2O. The van der Waals surface area contributed by atoms with E-state index in [1.165, 1.54) is 12.3 Å². The first kappa shape index (κ1) is 10.8. The number of aromatic nitrogens is 2. The van der Waals surface area contributed by atoms with Crippen molar-refractivity contribution in [1.82, 2.24) is 9.97 Å². The summed E-state index contributed by atoms with van der Waals surface area (Å²) < 4.78 is 13.5. The summed E-state index contributed by atoms with van der Waals surface area (Å²) in [6.07, 6.45) is 1.52. The zero-order valence-electron chi connectivity index (χ0n) is 9.16. The summed E-state index contributed by atoms with van der Waals surface area (Å²) in [7, 11) is 0. The predicted molar refractivity (Wildman–Crippen MR) is 59.2 cm³/mol. The molecule has 4 heteroatoms. The molecule has 0 amide bonds. The Morgan fingerprint density at radius 3 is 2.56 bits per heavy atom. The van der Waals surface area contributed by atoms with E-state index in [1.807, 2.05) is 0 Å². The van der Waals surface area contributed by atoms with Crippen LogP contribution in [-0.2, 0) is 5.60 Å². The number of imidazole rings is 1. The molecule has 16 heavy (non-hydrogen) atoms. The van der Waals surface area contributed by atoms with Gasteiger partial charge < -0.3 is 10.1 Å². The van der Waals surface area contributed by atoms with Gasteiger partial charge in [0.15, 0.2) is 0 Å². The smallest absolute Gasteiger partial charge is 0.138 e. The highest BCUT2D eigenvalue weighted by atomic mass is 19.1. The molecule has 3 nitrogen and oxygen atoms in total. The molecule has 2 aromatic rings. The molecule has 0 aliphatic carbocycles. The first-order valence-electron chi connectivity index (χ1n) is 5.01. The third-order valence-electron chi connectivity index (χ3n) is 2.32. The second-order valence-corrected chi connectivity index (χ2v) is 4.18. The lowest BCUT2D eigenvalue weighted by Crippen LogP contribution is -2.17. The molecule has 84 valence electrons. The first-order valence-corrected chi connectivity index (χ1v) is 5.01. The van der Waals surface area contributed by atoms with Crippen LogP contribution in [0.4, 0.5) is 4.39 Å². The Hall–Kier alpha value is -1.68. The fourth-order valence-electron chi connectivity index (χ4n) is 1.45. The monoisotopic (exact) mass is 220 g/mol. The van der Waals surface area contributed by atoms with Crippen LogP contribution in [0, 0.1) is 5.82 Å². The van der Waals surface area contributed by atoms with Crippen molar-refractivity contribution in [2.75, 3.05) is 0 Å². The van der Waals surface area contributed by atoms with Gasteiger partial charge in [0.25, 0.3) is 0 Å². The number of nitrogens with one attached hydrogen (secondary N) is 1. The highest BCUT2D eigenvalue weighted by Gasteiger charge is 2.20. The highest BCUT2D eigenvalue weighted by molar-refractivity contribution is 5.59. The van der Waals surface area contributed by atoms with Crippen LogP contribution in [0.15, 0.2) is 30.5 Å². The second kappa shape index (κ2) is 3.72. The van der Waals surface area contributed by atoms with E-state index in [0.717, 1.165) is 0 Å². The Bertz CT molecular complexity index is 500. The minimum Gasteiger partial charge on any atom is -0.383 e. The molecule has 0 aliphatic heterocycles. The Balaban J connectivity index is 2.44. The van der Waals surface area contributed by atoms with Crippen LogP contribution in [0.2, 0.25) is 0 Å². The quantitative estimate of drug-likeness (QED) is 0.816. The lowest BCUT2D eigenvalue weighted by molar-refractivity contribution is 0.0697. The van der Waals surface area contributed by atoms with Crippen LogP contribution in [0.25, 0.3) is 11.3 Å². The van der Waals surface area contributed by atoms with Gasteiger partial charge in [-0.2, -0.15) is 0 Å². The molecule has 2 rings (SSSR count). The van der Waals surface area contributed by atoms with Gasteiger partial charge in [0.2, 0.25) is 0 Å². The molecule has 0 atom stereocenters. The molecule has 0 bridgehead atoms. The van der Waals surface area contributed by atoms with Crippen molar-refractivity contribution >= 4 is 0 Å². The minimum atomic E-state index is -1.05.